The molecule has 1 aromatic rings. The van der Waals surface area contributed by atoms with Gasteiger partial charge in [0, 0.05) is 18.1 Å². The topological polar surface area (TPSA) is 52.1 Å². The SMILES string of the molecule is COC(=O)C(C)CSc1ncc(Br)cn1. The molecular weight excluding hydrogens is 280 g/mol. The highest BCUT2D eigenvalue weighted by atomic mass is 79.9. The fraction of sp³-hybridized carbons (Fsp3) is 0.444. The number of hydrogen-bond donors (Lipinski definition) is 0. The lowest BCUT2D eigenvalue weighted by molar-refractivity contribution is -0.143. The minimum atomic E-state index is -0.209. The predicted octanol–water partition coefficient (Wildman–Crippen LogP) is 2.14. The monoisotopic (exact) mass is 290 g/mol. The summed E-state index contributed by atoms with van der Waals surface area (Å²) in [6.07, 6.45) is 3.36. The summed E-state index contributed by atoms with van der Waals surface area (Å²) in [6, 6.07) is 0. The molecule has 0 bridgehead atoms. The minimum absolute atomic E-state index is 0.146. The zero-order chi connectivity index (χ0) is 11.3. The Morgan fingerprint density at radius 3 is 2.73 bits per heavy atom. The van der Waals surface area contributed by atoms with Crippen LogP contribution in [-0.4, -0.2) is 28.8 Å². The normalized spacial score (nSPS) is 12.2. The molecule has 4 nitrogen and oxygen atoms in total. The van der Waals surface area contributed by atoms with Crippen molar-refractivity contribution in [1.29, 1.82) is 0 Å². The van der Waals surface area contributed by atoms with Crippen molar-refractivity contribution in [3.05, 3.63) is 16.9 Å². The summed E-state index contributed by atoms with van der Waals surface area (Å²) in [6.45, 7) is 1.82. The Morgan fingerprint density at radius 1 is 1.60 bits per heavy atom. The molecule has 0 aliphatic rings. The maximum absolute atomic E-state index is 11.1. The number of rotatable bonds is 4. The molecule has 6 heteroatoms. The summed E-state index contributed by atoms with van der Waals surface area (Å²) in [5, 5.41) is 0.661. The molecule has 0 fully saturated rings. The van der Waals surface area contributed by atoms with Gasteiger partial charge in [0.1, 0.15) is 0 Å². The van der Waals surface area contributed by atoms with Crippen LogP contribution in [-0.2, 0) is 9.53 Å². The molecule has 82 valence electrons. The average Bonchev–Trinajstić information content (AvgIpc) is 2.26. The Morgan fingerprint density at radius 2 is 2.20 bits per heavy atom. The summed E-state index contributed by atoms with van der Waals surface area (Å²) < 4.78 is 5.46. The van der Waals surface area contributed by atoms with E-state index < -0.39 is 0 Å². The summed E-state index contributed by atoms with van der Waals surface area (Å²) in [5.41, 5.74) is 0. The molecule has 0 saturated heterocycles. The van der Waals surface area contributed by atoms with E-state index in [4.69, 9.17) is 0 Å². The Bertz CT molecular complexity index is 331. The first-order valence-corrected chi connectivity index (χ1v) is 6.09. The number of methoxy groups -OCH3 is 1. The zero-order valence-corrected chi connectivity index (χ0v) is 10.8. The van der Waals surface area contributed by atoms with E-state index in [2.05, 4.69) is 30.6 Å². The van der Waals surface area contributed by atoms with Crippen molar-refractivity contribution >= 4 is 33.7 Å². The number of halogens is 1. The molecular formula is C9H11BrN2O2S. The molecule has 0 aliphatic heterocycles. The molecule has 1 unspecified atom stereocenters. The zero-order valence-electron chi connectivity index (χ0n) is 8.44. The van der Waals surface area contributed by atoms with Gasteiger partial charge in [0.05, 0.1) is 17.5 Å². The fourth-order valence-corrected chi connectivity index (χ4v) is 1.84. The number of nitrogens with zero attached hydrogens (tertiary/aromatic N) is 2. The molecule has 1 rings (SSSR count). The van der Waals surface area contributed by atoms with Crippen LogP contribution < -0.4 is 0 Å². The maximum Gasteiger partial charge on any atom is 0.309 e. The molecule has 0 radical (unpaired) electrons. The van der Waals surface area contributed by atoms with Crippen LogP contribution in [0.4, 0.5) is 0 Å². The van der Waals surface area contributed by atoms with Crippen molar-refractivity contribution in [1.82, 2.24) is 9.97 Å². The Balaban J connectivity index is 2.43. The first-order chi connectivity index (χ1) is 7.13. The van der Waals surface area contributed by atoms with Crippen LogP contribution in [0.15, 0.2) is 22.0 Å². The Kier molecular flexibility index (Phi) is 5.04. The van der Waals surface area contributed by atoms with Crippen LogP contribution in [0.1, 0.15) is 6.92 Å². The van der Waals surface area contributed by atoms with Gasteiger partial charge in [-0.1, -0.05) is 18.7 Å². The maximum atomic E-state index is 11.1. The fourth-order valence-electron chi connectivity index (χ4n) is 0.844. The van der Waals surface area contributed by atoms with Crippen LogP contribution in [0.5, 0.6) is 0 Å². The molecule has 0 aromatic carbocycles. The second-order valence-corrected chi connectivity index (χ2v) is 4.82. The molecule has 1 heterocycles. The molecule has 1 atom stereocenters. The summed E-state index contributed by atoms with van der Waals surface area (Å²) in [4.78, 5) is 19.3. The van der Waals surface area contributed by atoms with E-state index in [0.29, 0.717) is 10.9 Å². The second-order valence-electron chi connectivity index (χ2n) is 2.92. The van der Waals surface area contributed by atoms with Gasteiger partial charge in [0.2, 0.25) is 0 Å². The number of hydrogen-bond acceptors (Lipinski definition) is 5. The smallest absolute Gasteiger partial charge is 0.309 e. The first-order valence-electron chi connectivity index (χ1n) is 4.31. The quantitative estimate of drug-likeness (QED) is 0.483. The van der Waals surface area contributed by atoms with Crippen molar-refractivity contribution in [3.63, 3.8) is 0 Å². The van der Waals surface area contributed by atoms with E-state index in [1.54, 1.807) is 12.4 Å². The van der Waals surface area contributed by atoms with Crippen molar-refractivity contribution in [3.8, 4) is 0 Å². The minimum Gasteiger partial charge on any atom is -0.469 e. The van der Waals surface area contributed by atoms with Gasteiger partial charge in [-0.15, -0.1) is 0 Å². The molecule has 0 aliphatic carbocycles. The third kappa shape index (κ3) is 4.17. The van der Waals surface area contributed by atoms with Crippen molar-refractivity contribution < 1.29 is 9.53 Å². The average molecular weight is 291 g/mol. The number of aromatic nitrogens is 2. The number of carbonyl (C=O) groups is 1. The molecule has 15 heavy (non-hydrogen) atoms. The highest BCUT2D eigenvalue weighted by Crippen LogP contribution is 2.17. The van der Waals surface area contributed by atoms with Gasteiger partial charge < -0.3 is 4.74 Å². The standard InChI is InChI=1S/C9H11BrN2O2S/c1-6(8(13)14-2)5-15-9-11-3-7(10)4-12-9/h3-4,6H,5H2,1-2H3. The predicted molar refractivity (Wildman–Crippen MR) is 61.6 cm³/mol. The van der Waals surface area contributed by atoms with Crippen molar-refractivity contribution in [2.75, 3.05) is 12.9 Å². The Hall–Kier alpha value is -0.620. The van der Waals surface area contributed by atoms with E-state index in [1.807, 2.05) is 6.92 Å². The molecule has 0 N–H and O–H groups in total. The highest BCUT2D eigenvalue weighted by molar-refractivity contribution is 9.10. The van der Waals surface area contributed by atoms with Gasteiger partial charge in [-0.3, -0.25) is 4.79 Å². The van der Waals surface area contributed by atoms with Crippen molar-refractivity contribution in [2.24, 2.45) is 5.92 Å². The van der Waals surface area contributed by atoms with Crippen LogP contribution in [0, 0.1) is 5.92 Å². The van der Waals surface area contributed by atoms with Gasteiger partial charge >= 0.3 is 5.97 Å². The number of esters is 1. The van der Waals surface area contributed by atoms with E-state index in [9.17, 15) is 4.79 Å². The van der Waals surface area contributed by atoms with Crippen LogP contribution in [0.25, 0.3) is 0 Å². The highest BCUT2D eigenvalue weighted by Gasteiger charge is 2.13. The van der Waals surface area contributed by atoms with E-state index in [1.165, 1.54) is 18.9 Å². The lowest BCUT2D eigenvalue weighted by Gasteiger charge is -2.07. The van der Waals surface area contributed by atoms with Gasteiger partial charge in [-0.25, -0.2) is 9.97 Å². The van der Waals surface area contributed by atoms with E-state index in [-0.39, 0.29) is 11.9 Å². The number of ether oxygens (including phenoxy) is 1. The number of thioether (sulfide) groups is 1. The van der Waals surface area contributed by atoms with Gasteiger partial charge in [-0.05, 0) is 15.9 Å². The molecule has 0 amide bonds. The Labute approximate surface area is 101 Å². The third-order valence-corrected chi connectivity index (χ3v) is 3.21. The largest absolute Gasteiger partial charge is 0.469 e. The second kappa shape index (κ2) is 6.07. The van der Waals surface area contributed by atoms with Crippen molar-refractivity contribution in [2.45, 2.75) is 12.1 Å². The lowest BCUT2D eigenvalue weighted by atomic mass is 10.2. The van der Waals surface area contributed by atoms with E-state index in [0.717, 1.165) is 4.47 Å². The molecule has 0 saturated carbocycles. The lowest BCUT2D eigenvalue weighted by Crippen LogP contribution is -2.14. The summed E-state index contributed by atoms with van der Waals surface area (Å²) in [7, 11) is 1.39. The van der Waals surface area contributed by atoms with Crippen LogP contribution in [0.3, 0.4) is 0 Å². The van der Waals surface area contributed by atoms with Gasteiger partial charge in [0.15, 0.2) is 5.16 Å². The molecule has 0 spiro atoms. The molecule has 1 aromatic heterocycles. The van der Waals surface area contributed by atoms with E-state index >= 15 is 0 Å². The van der Waals surface area contributed by atoms with Gasteiger partial charge in [-0.2, -0.15) is 0 Å². The van der Waals surface area contributed by atoms with Crippen LogP contribution >= 0.6 is 27.7 Å². The third-order valence-electron chi connectivity index (χ3n) is 1.66. The van der Waals surface area contributed by atoms with Crippen LogP contribution in [0.2, 0.25) is 0 Å². The summed E-state index contributed by atoms with van der Waals surface area (Å²) in [5.74, 6) is 0.265. The first kappa shape index (κ1) is 12.4. The summed E-state index contributed by atoms with van der Waals surface area (Å²) >= 11 is 4.69. The van der Waals surface area contributed by atoms with Gasteiger partial charge in [0.25, 0.3) is 0 Å². The number of carbonyl (C=O) groups excluding carboxylic acids is 1.